The second-order valence-electron chi connectivity index (χ2n) is 3.42. The lowest BCUT2D eigenvalue weighted by molar-refractivity contribution is 0.0520. The second kappa shape index (κ2) is 6.48. The summed E-state index contributed by atoms with van der Waals surface area (Å²) in [5, 5.41) is 5.81. The molecule has 4 nitrogen and oxygen atoms in total. The highest BCUT2D eigenvalue weighted by Gasteiger charge is 2.12. The van der Waals surface area contributed by atoms with Crippen molar-refractivity contribution in [2.24, 2.45) is 0 Å². The minimum absolute atomic E-state index is 0.351. The Morgan fingerprint density at radius 1 is 1.50 bits per heavy atom. The van der Waals surface area contributed by atoms with Gasteiger partial charge < -0.3 is 10.1 Å². The third-order valence-electron chi connectivity index (χ3n) is 2.30. The van der Waals surface area contributed by atoms with Gasteiger partial charge in [0.25, 0.3) is 0 Å². The van der Waals surface area contributed by atoms with Crippen molar-refractivity contribution in [2.75, 3.05) is 11.9 Å². The number of ether oxygens (including phenoxy) is 1. The number of nitrogens with one attached hydrogen (secondary N) is 1. The molecule has 0 amide bonds. The Morgan fingerprint density at radius 3 is 2.75 bits per heavy atom. The Kier molecular flexibility index (Phi) is 5.25. The lowest BCUT2D eigenvalue weighted by Gasteiger charge is -2.12. The fraction of sp³-hybridized carbons (Fsp3) is 0.636. The van der Waals surface area contributed by atoms with E-state index in [1.165, 1.54) is 11.3 Å². The van der Waals surface area contributed by atoms with Gasteiger partial charge in [0, 0.05) is 11.4 Å². The fourth-order valence-corrected chi connectivity index (χ4v) is 2.06. The van der Waals surface area contributed by atoms with Crippen LogP contribution in [0, 0.1) is 0 Å². The number of nitrogens with zero attached hydrogens (tertiary/aromatic N) is 1. The summed E-state index contributed by atoms with van der Waals surface area (Å²) in [5.74, 6) is -0.351. The number of carbonyl (C=O) groups excluding carboxylic acids is 1. The van der Waals surface area contributed by atoms with Crippen molar-refractivity contribution in [3.8, 4) is 0 Å². The molecule has 5 heteroatoms. The second-order valence-corrected chi connectivity index (χ2v) is 4.27. The molecular weight excluding hydrogens is 224 g/mol. The smallest absolute Gasteiger partial charge is 0.357 e. The molecule has 0 aliphatic rings. The zero-order valence-electron chi connectivity index (χ0n) is 9.95. The summed E-state index contributed by atoms with van der Waals surface area (Å²) in [4.78, 5) is 15.6. The molecule has 16 heavy (non-hydrogen) atoms. The van der Waals surface area contributed by atoms with Crippen LogP contribution in [-0.4, -0.2) is 23.6 Å². The van der Waals surface area contributed by atoms with Gasteiger partial charge in [0.15, 0.2) is 10.8 Å². The molecule has 0 radical (unpaired) electrons. The molecule has 1 N–H and O–H groups in total. The summed E-state index contributed by atoms with van der Waals surface area (Å²) >= 11 is 1.44. The molecule has 0 bridgehead atoms. The van der Waals surface area contributed by atoms with Gasteiger partial charge in [-0.15, -0.1) is 11.3 Å². The molecule has 90 valence electrons. The van der Waals surface area contributed by atoms with E-state index in [0.29, 0.717) is 18.3 Å². The van der Waals surface area contributed by atoms with E-state index in [0.717, 1.165) is 18.0 Å². The Labute approximate surface area is 100 Å². The summed E-state index contributed by atoms with van der Waals surface area (Å²) in [5.41, 5.74) is 0.389. The molecule has 0 aliphatic carbocycles. The number of thiazole rings is 1. The van der Waals surface area contributed by atoms with Crippen LogP contribution in [0.5, 0.6) is 0 Å². The van der Waals surface area contributed by atoms with Crippen LogP contribution in [0.4, 0.5) is 5.13 Å². The van der Waals surface area contributed by atoms with E-state index in [-0.39, 0.29) is 5.97 Å². The first-order valence-electron chi connectivity index (χ1n) is 5.60. The number of esters is 1. The molecule has 0 fully saturated rings. The SMILES string of the molecule is CCOC(=O)c1csc(NC(CC)CC)n1. The summed E-state index contributed by atoms with van der Waals surface area (Å²) in [6, 6.07) is 0.418. The van der Waals surface area contributed by atoms with Crippen LogP contribution >= 0.6 is 11.3 Å². The standard InChI is InChI=1S/C11H18N2O2S/c1-4-8(5-2)12-11-13-9(7-16-11)10(14)15-6-3/h7-8H,4-6H2,1-3H3,(H,12,13). The third kappa shape index (κ3) is 3.48. The zero-order valence-corrected chi connectivity index (χ0v) is 10.8. The number of anilines is 1. The molecule has 0 aliphatic heterocycles. The van der Waals surface area contributed by atoms with Gasteiger partial charge in [-0.05, 0) is 19.8 Å². The van der Waals surface area contributed by atoms with E-state index in [2.05, 4.69) is 24.1 Å². The molecule has 0 atom stereocenters. The highest BCUT2D eigenvalue weighted by Crippen LogP contribution is 2.18. The van der Waals surface area contributed by atoms with E-state index in [1.54, 1.807) is 12.3 Å². The molecule has 0 saturated heterocycles. The minimum Gasteiger partial charge on any atom is -0.461 e. The normalized spacial score (nSPS) is 10.5. The summed E-state index contributed by atoms with van der Waals surface area (Å²) in [7, 11) is 0. The van der Waals surface area contributed by atoms with Gasteiger partial charge in [-0.25, -0.2) is 9.78 Å². The number of aromatic nitrogens is 1. The molecule has 1 aromatic heterocycles. The largest absolute Gasteiger partial charge is 0.461 e. The highest BCUT2D eigenvalue weighted by atomic mass is 32.1. The average molecular weight is 242 g/mol. The lowest BCUT2D eigenvalue weighted by atomic mass is 10.2. The van der Waals surface area contributed by atoms with Crippen molar-refractivity contribution in [1.29, 1.82) is 0 Å². The molecule has 0 aromatic carbocycles. The number of hydrogen-bond donors (Lipinski definition) is 1. The minimum atomic E-state index is -0.351. The van der Waals surface area contributed by atoms with Crippen LogP contribution in [-0.2, 0) is 4.74 Å². The van der Waals surface area contributed by atoms with Crippen LogP contribution in [0.2, 0.25) is 0 Å². The molecular formula is C11H18N2O2S. The molecule has 0 saturated carbocycles. The van der Waals surface area contributed by atoms with E-state index >= 15 is 0 Å². The highest BCUT2D eigenvalue weighted by molar-refractivity contribution is 7.13. The van der Waals surface area contributed by atoms with Crippen LogP contribution in [0.25, 0.3) is 0 Å². The molecule has 1 aromatic rings. The predicted molar refractivity (Wildman–Crippen MR) is 66.1 cm³/mol. The van der Waals surface area contributed by atoms with Gasteiger partial charge in [-0.2, -0.15) is 0 Å². The first kappa shape index (κ1) is 13.0. The quantitative estimate of drug-likeness (QED) is 0.779. The first-order valence-corrected chi connectivity index (χ1v) is 6.48. The van der Waals surface area contributed by atoms with Crippen LogP contribution < -0.4 is 5.32 Å². The summed E-state index contributed by atoms with van der Waals surface area (Å²) < 4.78 is 4.88. The maximum absolute atomic E-state index is 11.4. The van der Waals surface area contributed by atoms with Gasteiger partial charge in [-0.3, -0.25) is 0 Å². The van der Waals surface area contributed by atoms with E-state index < -0.39 is 0 Å². The van der Waals surface area contributed by atoms with E-state index in [9.17, 15) is 4.79 Å². The topological polar surface area (TPSA) is 51.2 Å². The average Bonchev–Trinajstić information content (AvgIpc) is 2.74. The Balaban J connectivity index is 2.60. The first-order chi connectivity index (χ1) is 7.71. The van der Waals surface area contributed by atoms with E-state index in [4.69, 9.17) is 4.74 Å². The van der Waals surface area contributed by atoms with Gasteiger partial charge in [-0.1, -0.05) is 13.8 Å². The predicted octanol–water partition coefficient (Wildman–Crippen LogP) is 2.92. The fourth-order valence-electron chi connectivity index (χ4n) is 1.31. The Bertz CT molecular complexity index is 334. The number of carbonyl (C=O) groups is 1. The molecule has 1 rings (SSSR count). The van der Waals surface area contributed by atoms with Gasteiger partial charge in [0.1, 0.15) is 0 Å². The van der Waals surface area contributed by atoms with Crippen molar-refractivity contribution in [3.63, 3.8) is 0 Å². The van der Waals surface area contributed by atoms with Gasteiger partial charge in [0.2, 0.25) is 0 Å². The van der Waals surface area contributed by atoms with Gasteiger partial charge in [0.05, 0.1) is 6.61 Å². The number of rotatable bonds is 6. The Hall–Kier alpha value is -1.10. The zero-order chi connectivity index (χ0) is 12.0. The Morgan fingerprint density at radius 2 is 2.19 bits per heavy atom. The van der Waals surface area contributed by atoms with Gasteiger partial charge >= 0.3 is 5.97 Å². The van der Waals surface area contributed by atoms with Crippen molar-refractivity contribution in [2.45, 2.75) is 39.7 Å². The van der Waals surface area contributed by atoms with Crippen LogP contribution in [0.3, 0.4) is 0 Å². The lowest BCUT2D eigenvalue weighted by Crippen LogP contribution is -2.17. The van der Waals surface area contributed by atoms with Crippen molar-refractivity contribution in [1.82, 2.24) is 4.98 Å². The van der Waals surface area contributed by atoms with Crippen molar-refractivity contribution >= 4 is 22.4 Å². The van der Waals surface area contributed by atoms with Crippen LogP contribution in [0.15, 0.2) is 5.38 Å². The van der Waals surface area contributed by atoms with Crippen molar-refractivity contribution in [3.05, 3.63) is 11.1 Å². The number of hydrogen-bond acceptors (Lipinski definition) is 5. The maximum atomic E-state index is 11.4. The molecule has 0 spiro atoms. The monoisotopic (exact) mass is 242 g/mol. The third-order valence-corrected chi connectivity index (χ3v) is 3.08. The molecule has 0 unspecified atom stereocenters. The summed E-state index contributed by atoms with van der Waals surface area (Å²) in [6.45, 7) is 6.42. The molecule has 1 heterocycles. The van der Waals surface area contributed by atoms with E-state index in [1.807, 2.05) is 0 Å². The van der Waals surface area contributed by atoms with Crippen molar-refractivity contribution < 1.29 is 9.53 Å². The maximum Gasteiger partial charge on any atom is 0.357 e. The van der Waals surface area contributed by atoms with Crippen LogP contribution in [0.1, 0.15) is 44.1 Å². The summed E-state index contributed by atoms with van der Waals surface area (Å²) in [6.07, 6.45) is 2.09.